The minimum absolute atomic E-state index is 0.0956. The first-order chi connectivity index (χ1) is 12.5. The minimum atomic E-state index is -3.53. The molecule has 4 aromatic rings. The number of imidazole rings is 1. The second-order valence-electron chi connectivity index (χ2n) is 5.66. The van der Waals surface area contributed by atoms with E-state index in [0.29, 0.717) is 11.5 Å². The summed E-state index contributed by atoms with van der Waals surface area (Å²) in [4.78, 5) is 8.71. The highest BCUT2D eigenvalue weighted by molar-refractivity contribution is 7.91. The molecule has 4 rings (SSSR count). The van der Waals surface area contributed by atoms with Crippen LogP contribution < -0.4 is 0 Å². The van der Waals surface area contributed by atoms with Crippen LogP contribution in [0.15, 0.2) is 66.2 Å². The molecule has 7 nitrogen and oxygen atoms in total. The standard InChI is InChI=1S/C17H14FN5O2S/c18-13-2-4-14(5-3-13)26(24,25)11-10-22-9-7-20-16(22)15-12-21-23-8-1-6-19-17(15)23/h1-9,12H,10-11H2. The van der Waals surface area contributed by atoms with E-state index in [9.17, 15) is 12.8 Å². The van der Waals surface area contributed by atoms with Crippen molar-refractivity contribution in [1.82, 2.24) is 24.1 Å². The van der Waals surface area contributed by atoms with E-state index in [1.54, 1.807) is 46.1 Å². The Hall–Kier alpha value is -3.07. The van der Waals surface area contributed by atoms with Crippen molar-refractivity contribution in [3.63, 3.8) is 0 Å². The smallest absolute Gasteiger partial charge is 0.180 e. The molecule has 1 aromatic carbocycles. The van der Waals surface area contributed by atoms with Gasteiger partial charge < -0.3 is 4.57 Å². The van der Waals surface area contributed by atoms with Crippen LogP contribution in [0.3, 0.4) is 0 Å². The molecule has 0 atom stereocenters. The van der Waals surface area contributed by atoms with Crippen LogP contribution in [-0.2, 0) is 16.4 Å². The molecule has 132 valence electrons. The number of nitrogens with zero attached hydrogens (tertiary/aromatic N) is 5. The van der Waals surface area contributed by atoms with E-state index in [1.165, 1.54) is 12.1 Å². The van der Waals surface area contributed by atoms with E-state index < -0.39 is 15.7 Å². The van der Waals surface area contributed by atoms with Crippen LogP contribution in [0.5, 0.6) is 0 Å². The van der Waals surface area contributed by atoms with Gasteiger partial charge in [-0.3, -0.25) is 0 Å². The van der Waals surface area contributed by atoms with Gasteiger partial charge in [-0.1, -0.05) is 0 Å². The van der Waals surface area contributed by atoms with Gasteiger partial charge in [0.25, 0.3) is 0 Å². The first-order valence-corrected chi connectivity index (χ1v) is 9.48. The van der Waals surface area contributed by atoms with Gasteiger partial charge in [0.05, 0.1) is 22.4 Å². The highest BCUT2D eigenvalue weighted by Crippen LogP contribution is 2.22. The van der Waals surface area contributed by atoms with Crippen molar-refractivity contribution < 1.29 is 12.8 Å². The van der Waals surface area contributed by atoms with Gasteiger partial charge in [0, 0.05) is 31.3 Å². The van der Waals surface area contributed by atoms with Crippen molar-refractivity contribution in [2.24, 2.45) is 0 Å². The van der Waals surface area contributed by atoms with Crippen molar-refractivity contribution in [3.8, 4) is 11.4 Å². The van der Waals surface area contributed by atoms with E-state index in [0.717, 1.165) is 17.7 Å². The summed E-state index contributed by atoms with van der Waals surface area (Å²) in [5, 5.41) is 4.23. The van der Waals surface area contributed by atoms with Crippen LogP contribution >= 0.6 is 0 Å². The molecule has 0 aliphatic rings. The van der Waals surface area contributed by atoms with Crippen LogP contribution in [0.4, 0.5) is 4.39 Å². The molecule has 0 saturated heterocycles. The van der Waals surface area contributed by atoms with Crippen LogP contribution in [0.1, 0.15) is 0 Å². The second-order valence-corrected chi connectivity index (χ2v) is 7.77. The maximum absolute atomic E-state index is 13.0. The summed E-state index contributed by atoms with van der Waals surface area (Å²) in [7, 11) is -3.53. The predicted octanol–water partition coefficient (Wildman–Crippen LogP) is 2.21. The number of aryl methyl sites for hydroxylation is 1. The number of fused-ring (bicyclic) bond motifs is 1. The Morgan fingerprint density at radius 3 is 2.65 bits per heavy atom. The Kier molecular flexibility index (Phi) is 4.00. The van der Waals surface area contributed by atoms with Crippen LogP contribution in [-0.4, -0.2) is 38.3 Å². The number of benzene rings is 1. The first-order valence-electron chi connectivity index (χ1n) is 7.83. The molecule has 0 saturated carbocycles. The molecule has 0 unspecified atom stereocenters. The van der Waals surface area contributed by atoms with Crippen molar-refractivity contribution in [3.05, 3.63) is 67.1 Å². The van der Waals surface area contributed by atoms with Gasteiger partial charge in [0.1, 0.15) is 11.6 Å². The lowest BCUT2D eigenvalue weighted by molar-refractivity contribution is 0.588. The fraction of sp³-hybridized carbons (Fsp3) is 0.118. The molecule has 0 bridgehead atoms. The number of hydrogen-bond acceptors (Lipinski definition) is 5. The van der Waals surface area contributed by atoms with E-state index in [-0.39, 0.29) is 17.2 Å². The summed E-state index contributed by atoms with van der Waals surface area (Å²) in [6.07, 6.45) is 8.40. The molecular weight excluding hydrogens is 357 g/mol. The predicted molar refractivity (Wildman–Crippen MR) is 92.7 cm³/mol. The van der Waals surface area contributed by atoms with E-state index >= 15 is 0 Å². The summed E-state index contributed by atoms with van der Waals surface area (Å²) in [5.74, 6) is -0.0105. The largest absolute Gasteiger partial charge is 0.330 e. The van der Waals surface area contributed by atoms with Gasteiger partial charge in [-0.05, 0) is 30.3 Å². The van der Waals surface area contributed by atoms with Crippen molar-refractivity contribution in [2.75, 3.05) is 5.75 Å². The average Bonchev–Trinajstić information content (AvgIpc) is 3.26. The fourth-order valence-electron chi connectivity index (χ4n) is 2.70. The number of rotatable bonds is 5. The van der Waals surface area contributed by atoms with Gasteiger partial charge in [-0.25, -0.2) is 27.3 Å². The average molecular weight is 371 g/mol. The minimum Gasteiger partial charge on any atom is -0.330 e. The first kappa shape index (κ1) is 16.4. The number of aromatic nitrogens is 5. The van der Waals surface area contributed by atoms with Crippen molar-refractivity contribution in [1.29, 1.82) is 0 Å². The summed E-state index contributed by atoms with van der Waals surface area (Å²) in [6, 6.07) is 6.59. The lowest BCUT2D eigenvalue weighted by Crippen LogP contribution is -2.13. The Labute approximate surface area is 148 Å². The lowest BCUT2D eigenvalue weighted by atomic mass is 10.3. The molecule has 0 aliphatic heterocycles. The molecule has 0 fully saturated rings. The molecule has 0 aliphatic carbocycles. The fourth-order valence-corrected chi connectivity index (χ4v) is 3.92. The molecule has 3 aromatic heterocycles. The third kappa shape index (κ3) is 2.97. The zero-order chi connectivity index (χ0) is 18.1. The second kappa shape index (κ2) is 6.34. The van der Waals surface area contributed by atoms with Crippen LogP contribution in [0.2, 0.25) is 0 Å². The van der Waals surface area contributed by atoms with E-state index in [4.69, 9.17) is 0 Å². The van der Waals surface area contributed by atoms with Gasteiger partial charge in [-0.15, -0.1) is 0 Å². The Morgan fingerprint density at radius 2 is 1.85 bits per heavy atom. The van der Waals surface area contributed by atoms with Gasteiger partial charge >= 0.3 is 0 Å². The maximum Gasteiger partial charge on any atom is 0.180 e. The van der Waals surface area contributed by atoms with Crippen molar-refractivity contribution in [2.45, 2.75) is 11.4 Å². The van der Waals surface area contributed by atoms with Gasteiger partial charge in [0.15, 0.2) is 15.5 Å². The third-order valence-electron chi connectivity index (χ3n) is 4.01. The quantitative estimate of drug-likeness (QED) is 0.502. The molecule has 0 spiro atoms. The topological polar surface area (TPSA) is 82.1 Å². The molecule has 9 heteroatoms. The molecule has 0 N–H and O–H groups in total. The normalized spacial score (nSPS) is 11.9. The summed E-state index contributed by atoms with van der Waals surface area (Å²) >= 11 is 0. The monoisotopic (exact) mass is 371 g/mol. The zero-order valence-corrected chi connectivity index (χ0v) is 14.3. The number of hydrogen-bond donors (Lipinski definition) is 0. The zero-order valence-electron chi connectivity index (χ0n) is 13.5. The number of halogens is 1. The molecule has 0 radical (unpaired) electrons. The third-order valence-corrected chi connectivity index (χ3v) is 5.72. The summed E-state index contributed by atoms with van der Waals surface area (Å²) < 4.78 is 41.3. The van der Waals surface area contributed by atoms with Crippen LogP contribution in [0, 0.1) is 5.82 Å². The highest BCUT2D eigenvalue weighted by atomic mass is 32.2. The molecule has 0 amide bonds. The van der Waals surface area contributed by atoms with E-state index in [1.807, 2.05) is 0 Å². The highest BCUT2D eigenvalue weighted by Gasteiger charge is 2.17. The summed E-state index contributed by atoms with van der Waals surface area (Å²) in [5.41, 5.74) is 1.36. The van der Waals surface area contributed by atoms with Crippen molar-refractivity contribution >= 4 is 15.5 Å². The molecular formula is C17H14FN5O2S. The maximum atomic E-state index is 13.0. The van der Waals surface area contributed by atoms with Gasteiger partial charge in [0.2, 0.25) is 0 Å². The van der Waals surface area contributed by atoms with Crippen LogP contribution in [0.25, 0.3) is 17.0 Å². The lowest BCUT2D eigenvalue weighted by Gasteiger charge is -2.08. The SMILES string of the molecule is O=S(=O)(CCn1ccnc1-c1cnn2cccnc12)c1ccc(F)cc1. The van der Waals surface area contributed by atoms with E-state index in [2.05, 4.69) is 15.1 Å². The Bertz CT molecular complexity index is 1170. The Morgan fingerprint density at radius 1 is 1.04 bits per heavy atom. The summed E-state index contributed by atoms with van der Waals surface area (Å²) in [6.45, 7) is 0.208. The van der Waals surface area contributed by atoms with Gasteiger partial charge in [-0.2, -0.15) is 5.10 Å². The molecule has 3 heterocycles. The number of sulfone groups is 1. The Balaban J connectivity index is 1.61. The molecule has 26 heavy (non-hydrogen) atoms.